The summed E-state index contributed by atoms with van der Waals surface area (Å²) in [4.78, 5) is 119. The summed E-state index contributed by atoms with van der Waals surface area (Å²) in [6.07, 6.45) is 0.933. The van der Waals surface area contributed by atoms with Gasteiger partial charge >= 0.3 is 5.97 Å². The Hall–Kier alpha value is -4.49. The van der Waals surface area contributed by atoms with E-state index in [9.17, 15) is 48.3 Å². The van der Waals surface area contributed by atoms with Gasteiger partial charge in [0.2, 0.25) is 47.3 Å². The number of hydrogen-bond acceptors (Lipinski definition) is 14. The fraction of sp³-hybridized carbons (Fsp3) is 0.722. The molecule has 0 aromatic carbocycles. The monoisotopic (exact) mass is 922 g/mol. The topological polar surface area (TPSA) is 361 Å². The second-order valence-corrected chi connectivity index (χ2v) is 16.4. The minimum absolute atomic E-state index is 0.0970. The predicted molar refractivity (Wildman–Crippen MR) is 238 cm³/mol. The highest BCUT2D eigenvalue weighted by Gasteiger charge is 2.32. The van der Waals surface area contributed by atoms with E-state index < -0.39 is 115 Å². The van der Waals surface area contributed by atoms with Crippen molar-refractivity contribution in [3.63, 3.8) is 0 Å². The van der Waals surface area contributed by atoms with Gasteiger partial charge in [0, 0.05) is 23.8 Å². The third-order valence-corrected chi connectivity index (χ3v) is 9.64. The molecule has 15 N–H and O–H groups in total. The number of rotatable bonds is 29. The van der Waals surface area contributed by atoms with Gasteiger partial charge in [-0.2, -0.15) is 37.9 Å². The Bertz CT molecular complexity index is 1530. The lowest BCUT2D eigenvalue weighted by atomic mass is 10.0. The van der Waals surface area contributed by atoms with Gasteiger partial charge in [0.15, 0.2) is 5.96 Å². The molecule has 8 amide bonds. The van der Waals surface area contributed by atoms with Crippen LogP contribution in [0.4, 0.5) is 0 Å². The molecule has 7 atom stereocenters. The van der Waals surface area contributed by atoms with Crippen molar-refractivity contribution in [2.75, 3.05) is 36.9 Å². The number of guanidine groups is 1. The van der Waals surface area contributed by atoms with E-state index in [4.69, 9.17) is 17.2 Å². The van der Waals surface area contributed by atoms with E-state index in [0.29, 0.717) is 6.42 Å². The first-order chi connectivity index (χ1) is 28.5. The minimum atomic E-state index is -1.30. The summed E-state index contributed by atoms with van der Waals surface area (Å²) in [5.41, 5.74) is 16.5. The van der Waals surface area contributed by atoms with Crippen LogP contribution in [0.1, 0.15) is 67.2 Å². The highest BCUT2D eigenvalue weighted by molar-refractivity contribution is 7.80. The average molecular weight is 923 g/mol. The first-order valence-electron chi connectivity index (χ1n) is 19.7. The number of nitrogens with zero attached hydrogens (tertiary/aromatic N) is 1. The lowest BCUT2D eigenvalue weighted by molar-refractivity contribution is -0.141. The summed E-state index contributed by atoms with van der Waals surface area (Å²) >= 11 is 12.3. The number of hydrogen-bond donors (Lipinski definition) is 15. The van der Waals surface area contributed by atoms with Crippen molar-refractivity contribution in [1.29, 1.82) is 0 Å². The molecular weight excluding hydrogens is 857 g/mol. The Morgan fingerprint density at radius 2 is 0.967 bits per heavy atom. The Morgan fingerprint density at radius 1 is 0.557 bits per heavy atom. The molecule has 0 aliphatic carbocycles. The molecular formula is C36H66N12O10S3. The quantitative estimate of drug-likeness (QED) is 0.0148. The molecule has 0 radical (unpaired) electrons. The van der Waals surface area contributed by atoms with Gasteiger partial charge in [0.05, 0.1) is 19.1 Å². The van der Waals surface area contributed by atoms with Crippen LogP contribution in [0.2, 0.25) is 0 Å². The Labute approximate surface area is 373 Å². The highest BCUT2D eigenvalue weighted by atomic mass is 32.1. The summed E-state index contributed by atoms with van der Waals surface area (Å²) in [5, 5.41) is 29.0. The molecule has 0 aliphatic rings. The fourth-order valence-corrected chi connectivity index (χ4v) is 6.06. The van der Waals surface area contributed by atoms with Crippen LogP contribution in [0.15, 0.2) is 4.99 Å². The maximum Gasteiger partial charge on any atom is 0.327 e. The third kappa shape index (κ3) is 23.3. The van der Waals surface area contributed by atoms with Crippen molar-refractivity contribution in [3.05, 3.63) is 0 Å². The van der Waals surface area contributed by atoms with E-state index in [1.807, 2.05) is 13.8 Å². The van der Waals surface area contributed by atoms with E-state index in [0.717, 1.165) is 0 Å². The van der Waals surface area contributed by atoms with E-state index in [1.54, 1.807) is 27.7 Å². The predicted octanol–water partition coefficient (Wildman–Crippen LogP) is -3.87. The van der Waals surface area contributed by atoms with E-state index in [2.05, 4.69) is 85.4 Å². The molecule has 0 saturated heterocycles. The van der Waals surface area contributed by atoms with Crippen LogP contribution in [-0.4, -0.2) is 143 Å². The number of thiol groups is 3. The first-order valence-corrected chi connectivity index (χ1v) is 21.6. The zero-order chi connectivity index (χ0) is 47.0. The van der Waals surface area contributed by atoms with Crippen LogP contribution < -0.4 is 59.7 Å². The molecule has 25 heteroatoms. The number of nitrogens with two attached hydrogens (primary N) is 3. The van der Waals surface area contributed by atoms with E-state index >= 15 is 0 Å². The Balaban J connectivity index is 5.47. The van der Waals surface area contributed by atoms with Gasteiger partial charge in [-0.1, -0.05) is 41.5 Å². The van der Waals surface area contributed by atoms with Gasteiger partial charge in [-0.15, -0.1) is 0 Å². The van der Waals surface area contributed by atoms with Gasteiger partial charge in [-0.25, -0.2) is 4.79 Å². The first kappa shape index (κ1) is 56.5. The van der Waals surface area contributed by atoms with E-state index in [-0.39, 0.29) is 60.9 Å². The minimum Gasteiger partial charge on any atom is -0.480 e. The molecule has 0 heterocycles. The van der Waals surface area contributed by atoms with Gasteiger partial charge in [0.25, 0.3) is 0 Å². The largest absolute Gasteiger partial charge is 0.480 e. The summed E-state index contributed by atoms with van der Waals surface area (Å²) in [7, 11) is 0. The zero-order valence-electron chi connectivity index (χ0n) is 35.5. The van der Waals surface area contributed by atoms with E-state index in [1.165, 1.54) is 0 Å². The summed E-state index contributed by atoms with van der Waals surface area (Å²) < 4.78 is 0. The number of nitrogens with one attached hydrogen (secondary N) is 8. The molecule has 0 aliphatic heterocycles. The number of aliphatic carboxylic acids is 1. The molecule has 0 fully saturated rings. The standard InChI is InChI=1S/C36H66N12O10S3/c1-17(2)10-21(30(52)41-13-27(50)48-28(19(5)6)34(56)47-25(16-61)35(57)58)43-26(49)12-42-31(53)23(14-59)46-32(54)22(11-18(3)4)44-33(55)24(15-60)45-29(51)20(37)8-7-9-40-36(38)39/h17-25,28,59-61H,7-16,37H2,1-6H3,(H,41,52)(H,42,53)(H,43,49)(H,44,55)(H,45,51)(H,46,54)(H,47,56)(H,48,50)(H,57,58)(H4,38,39,40)/t20-,21-,22-,23-,24-,25-,28-/m0/s1. The van der Waals surface area contributed by atoms with Crippen molar-refractivity contribution in [3.8, 4) is 0 Å². The lowest BCUT2D eigenvalue weighted by Crippen LogP contribution is -2.59. The maximum absolute atomic E-state index is 13.4. The summed E-state index contributed by atoms with van der Waals surface area (Å²) in [6, 6.07) is -8.07. The van der Waals surface area contributed by atoms with Crippen LogP contribution in [0.3, 0.4) is 0 Å². The van der Waals surface area contributed by atoms with Gasteiger partial charge in [0.1, 0.15) is 36.3 Å². The number of carbonyl (C=O) groups excluding carboxylic acids is 8. The molecule has 0 saturated carbocycles. The van der Waals surface area contributed by atoms with Crippen molar-refractivity contribution in [1.82, 2.24) is 42.5 Å². The highest BCUT2D eigenvalue weighted by Crippen LogP contribution is 2.09. The molecule has 0 bridgehead atoms. The second-order valence-electron chi connectivity index (χ2n) is 15.3. The summed E-state index contributed by atoms with van der Waals surface area (Å²) in [5.74, 6) is -8.42. The SMILES string of the molecule is CC(C)C[C@H](NC(=O)CNC(=O)[C@H](CS)NC(=O)[C@H](CC(C)C)NC(=O)[C@H](CS)NC(=O)[C@@H](N)CCCN=C(N)N)C(=O)NCC(=O)N[C@H](C(=O)N[C@@H](CS)C(=O)O)C(C)C. The number of carboxylic acid groups (broad SMARTS) is 1. The van der Waals surface area contributed by atoms with Crippen LogP contribution in [0.25, 0.3) is 0 Å². The maximum atomic E-state index is 13.4. The molecule has 0 unspecified atom stereocenters. The third-order valence-electron chi connectivity index (χ3n) is 8.54. The molecule has 0 aromatic rings. The number of carbonyl (C=O) groups is 9. The second kappa shape index (κ2) is 29.7. The van der Waals surface area contributed by atoms with Crippen molar-refractivity contribution in [2.45, 2.75) is 110 Å². The lowest BCUT2D eigenvalue weighted by Gasteiger charge is -2.26. The zero-order valence-corrected chi connectivity index (χ0v) is 38.2. The van der Waals surface area contributed by atoms with Crippen molar-refractivity contribution < 1.29 is 48.3 Å². The van der Waals surface area contributed by atoms with Crippen molar-refractivity contribution in [2.24, 2.45) is 39.9 Å². The molecule has 0 aromatic heterocycles. The molecule has 0 spiro atoms. The molecule has 348 valence electrons. The average Bonchev–Trinajstić information content (AvgIpc) is 3.17. The summed E-state index contributed by atoms with van der Waals surface area (Å²) in [6.45, 7) is 9.55. The van der Waals surface area contributed by atoms with Crippen LogP contribution in [0.5, 0.6) is 0 Å². The fourth-order valence-electron chi connectivity index (χ4n) is 5.30. The van der Waals surface area contributed by atoms with Crippen molar-refractivity contribution >= 4 is 97.1 Å². The Morgan fingerprint density at radius 3 is 1.43 bits per heavy atom. The molecule has 22 nitrogen and oxygen atoms in total. The van der Waals surface area contributed by atoms with Crippen LogP contribution >= 0.6 is 37.9 Å². The number of amides is 8. The number of aliphatic imine (C=N–C) groups is 1. The molecule has 0 rings (SSSR count). The van der Waals surface area contributed by atoms with Crippen LogP contribution in [0, 0.1) is 17.8 Å². The normalized spacial score (nSPS) is 14.5. The van der Waals surface area contributed by atoms with Crippen LogP contribution in [-0.2, 0) is 43.2 Å². The smallest absolute Gasteiger partial charge is 0.327 e. The molecule has 61 heavy (non-hydrogen) atoms. The van der Waals surface area contributed by atoms with Gasteiger partial charge < -0.3 is 64.8 Å². The Kier molecular flexibility index (Phi) is 27.5. The van der Waals surface area contributed by atoms with Gasteiger partial charge in [-0.3, -0.25) is 43.3 Å². The number of carboxylic acids is 1. The van der Waals surface area contributed by atoms with Gasteiger partial charge in [-0.05, 0) is 43.4 Å².